The van der Waals surface area contributed by atoms with E-state index in [9.17, 15) is 20.1 Å². The van der Waals surface area contributed by atoms with Crippen LogP contribution in [-0.4, -0.2) is 74.9 Å². The molecule has 1 aliphatic rings. The number of rotatable bonds is 5. The molecule has 6 atom stereocenters. The van der Waals surface area contributed by atoms with Crippen LogP contribution in [0, 0.1) is 0 Å². The average molecular weight is 266 g/mol. The predicted octanol–water partition coefficient (Wildman–Crippen LogP) is -2.33. The van der Waals surface area contributed by atoms with Crippen LogP contribution in [0.4, 0.5) is 0 Å². The lowest BCUT2D eigenvalue weighted by molar-refractivity contribution is -0.310. The van der Waals surface area contributed by atoms with Gasteiger partial charge < -0.3 is 35.0 Å². The van der Waals surface area contributed by atoms with Gasteiger partial charge in [-0.15, -0.1) is 0 Å². The lowest BCUT2D eigenvalue weighted by Crippen LogP contribution is -2.60. The van der Waals surface area contributed by atoms with Crippen molar-refractivity contribution in [1.29, 1.82) is 0 Å². The Labute approximate surface area is 103 Å². The summed E-state index contributed by atoms with van der Waals surface area (Å²) in [6.45, 7) is 0.984. The first-order valence-electron chi connectivity index (χ1n) is 5.61. The largest absolute Gasteiger partial charge is 0.479 e. The lowest BCUT2D eigenvalue weighted by atomic mass is 9.99. The van der Waals surface area contributed by atoms with Gasteiger partial charge in [-0.3, -0.25) is 0 Å². The van der Waals surface area contributed by atoms with E-state index in [-0.39, 0.29) is 6.42 Å². The Morgan fingerprint density at radius 2 is 1.89 bits per heavy atom. The van der Waals surface area contributed by atoms with Crippen LogP contribution in [0.3, 0.4) is 0 Å². The molecule has 0 radical (unpaired) electrons. The van der Waals surface area contributed by atoms with E-state index in [1.165, 1.54) is 0 Å². The smallest absolute Gasteiger partial charge is 0.332 e. The van der Waals surface area contributed by atoms with Gasteiger partial charge in [-0.1, -0.05) is 6.92 Å². The van der Waals surface area contributed by atoms with E-state index in [0.29, 0.717) is 0 Å². The van der Waals surface area contributed by atoms with Gasteiger partial charge in [0.15, 0.2) is 12.4 Å². The second kappa shape index (κ2) is 6.41. The third kappa shape index (κ3) is 3.16. The minimum atomic E-state index is -1.59. The van der Waals surface area contributed by atoms with Crippen LogP contribution < -0.4 is 0 Å². The van der Waals surface area contributed by atoms with Crippen LogP contribution in [0.1, 0.15) is 13.3 Å². The number of aliphatic hydroxyl groups excluding tert-OH is 4. The van der Waals surface area contributed by atoms with Gasteiger partial charge in [0.2, 0.25) is 0 Å². The maximum Gasteiger partial charge on any atom is 0.332 e. The summed E-state index contributed by atoms with van der Waals surface area (Å²) in [4.78, 5) is 10.8. The molecule has 0 aromatic rings. The molecule has 1 fully saturated rings. The highest BCUT2D eigenvalue weighted by Gasteiger charge is 2.45. The highest BCUT2D eigenvalue weighted by atomic mass is 16.7. The molecule has 1 heterocycles. The van der Waals surface area contributed by atoms with Crippen molar-refractivity contribution in [1.82, 2.24) is 0 Å². The zero-order valence-electron chi connectivity index (χ0n) is 9.84. The zero-order valence-corrected chi connectivity index (χ0v) is 9.84. The van der Waals surface area contributed by atoms with Crippen LogP contribution >= 0.6 is 0 Å². The molecule has 2 unspecified atom stereocenters. The first-order valence-corrected chi connectivity index (χ1v) is 5.61. The van der Waals surface area contributed by atoms with Crippen molar-refractivity contribution in [3.05, 3.63) is 0 Å². The average Bonchev–Trinajstić information content (AvgIpc) is 2.35. The quantitative estimate of drug-likeness (QED) is 0.373. The first kappa shape index (κ1) is 15.3. The van der Waals surface area contributed by atoms with Gasteiger partial charge in [-0.05, 0) is 6.42 Å². The lowest BCUT2D eigenvalue weighted by Gasteiger charge is -2.40. The molecule has 1 saturated heterocycles. The maximum absolute atomic E-state index is 10.8. The van der Waals surface area contributed by atoms with E-state index < -0.39 is 49.4 Å². The number of aliphatic hydroxyl groups is 4. The van der Waals surface area contributed by atoms with E-state index in [2.05, 4.69) is 0 Å². The highest BCUT2D eigenvalue weighted by Crippen LogP contribution is 2.23. The molecular formula is C10H18O8. The van der Waals surface area contributed by atoms with E-state index >= 15 is 0 Å². The molecule has 8 heteroatoms. The van der Waals surface area contributed by atoms with Crippen molar-refractivity contribution in [3.63, 3.8) is 0 Å². The van der Waals surface area contributed by atoms with Gasteiger partial charge in [-0.2, -0.15) is 0 Å². The molecule has 0 aromatic carbocycles. The van der Waals surface area contributed by atoms with Crippen molar-refractivity contribution in [2.24, 2.45) is 0 Å². The fraction of sp³-hybridized carbons (Fsp3) is 0.900. The molecule has 1 aliphatic heterocycles. The molecule has 1 rings (SSSR count). The Morgan fingerprint density at radius 3 is 2.33 bits per heavy atom. The van der Waals surface area contributed by atoms with Gasteiger partial charge in [0.25, 0.3) is 0 Å². The summed E-state index contributed by atoms with van der Waals surface area (Å²) in [5.41, 5.74) is 0. The number of carbonyl (C=O) groups is 1. The number of aliphatic carboxylic acids is 1. The van der Waals surface area contributed by atoms with Crippen LogP contribution in [-0.2, 0) is 14.3 Å². The topological polar surface area (TPSA) is 137 Å². The third-order valence-electron chi connectivity index (χ3n) is 2.79. The minimum Gasteiger partial charge on any atom is -0.479 e. The third-order valence-corrected chi connectivity index (χ3v) is 2.79. The SMILES string of the molecule is CC[C@@H](O[C@H]1OC(CO)[C@@H](O)[C@H](O)C1O)C(=O)O. The molecule has 8 nitrogen and oxygen atoms in total. The number of hydrogen-bond acceptors (Lipinski definition) is 7. The van der Waals surface area contributed by atoms with Gasteiger partial charge >= 0.3 is 5.97 Å². The number of carboxylic acid groups (broad SMARTS) is 1. The number of hydrogen-bond donors (Lipinski definition) is 5. The Hall–Kier alpha value is -0.770. The van der Waals surface area contributed by atoms with E-state index in [1.807, 2.05) is 0 Å². The summed E-state index contributed by atoms with van der Waals surface area (Å²) in [6.07, 6.45) is -8.24. The van der Waals surface area contributed by atoms with Gasteiger partial charge in [0.05, 0.1) is 6.61 Å². The molecule has 0 aromatic heterocycles. The number of ether oxygens (including phenoxy) is 2. The van der Waals surface area contributed by atoms with Gasteiger partial charge in [0.1, 0.15) is 24.4 Å². The molecular weight excluding hydrogens is 248 g/mol. The molecule has 106 valence electrons. The normalized spacial score (nSPS) is 38.4. The molecule has 5 N–H and O–H groups in total. The van der Waals surface area contributed by atoms with E-state index in [4.69, 9.17) is 19.7 Å². The Balaban J connectivity index is 2.72. The zero-order chi connectivity index (χ0) is 13.9. The summed E-state index contributed by atoms with van der Waals surface area (Å²) < 4.78 is 10.0. The van der Waals surface area contributed by atoms with Gasteiger partial charge in [-0.25, -0.2) is 4.79 Å². The Bertz CT molecular complexity index is 281. The molecule has 0 saturated carbocycles. The fourth-order valence-electron chi connectivity index (χ4n) is 1.67. The van der Waals surface area contributed by atoms with Crippen LogP contribution in [0.15, 0.2) is 0 Å². The number of carboxylic acids is 1. The monoisotopic (exact) mass is 266 g/mol. The predicted molar refractivity (Wildman–Crippen MR) is 56.6 cm³/mol. The summed E-state index contributed by atoms with van der Waals surface area (Å²) in [7, 11) is 0. The molecule has 0 aliphatic carbocycles. The maximum atomic E-state index is 10.8. The standard InChI is InChI=1S/C10H18O8/c1-2-4(9(15)16)17-10-8(14)7(13)6(12)5(3-11)18-10/h4-8,10-14H,2-3H2,1H3,(H,15,16)/t4-,5?,6-,7+,8?,10+/m1/s1. The van der Waals surface area contributed by atoms with Crippen LogP contribution in [0.25, 0.3) is 0 Å². The van der Waals surface area contributed by atoms with Crippen LogP contribution in [0.2, 0.25) is 0 Å². The van der Waals surface area contributed by atoms with Crippen molar-refractivity contribution in [3.8, 4) is 0 Å². The summed E-state index contributed by atoms with van der Waals surface area (Å²) in [5.74, 6) is -1.23. The van der Waals surface area contributed by atoms with Crippen molar-refractivity contribution >= 4 is 5.97 Å². The second-order valence-electron chi connectivity index (χ2n) is 4.07. The Morgan fingerprint density at radius 1 is 1.28 bits per heavy atom. The van der Waals surface area contributed by atoms with Crippen molar-refractivity contribution < 1.29 is 39.8 Å². The Kier molecular flexibility index (Phi) is 5.45. The molecule has 0 spiro atoms. The molecule has 0 amide bonds. The van der Waals surface area contributed by atoms with Crippen molar-refractivity contribution in [2.75, 3.05) is 6.61 Å². The van der Waals surface area contributed by atoms with Crippen LogP contribution in [0.5, 0.6) is 0 Å². The molecule has 18 heavy (non-hydrogen) atoms. The minimum absolute atomic E-state index is 0.143. The van der Waals surface area contributed by atoms with Gasteiger partial charge in [0, 0.05) is 0 Å². The first-order chi connectivity index (χ1) is 8.42. The van der Waals surface area contributed by atoms with Crippen molar-refractivity contribution in [2.45, 2.75) is 50.2 Å². The summed E-state index contributed by atoms with van der Waals surface area (Å²) in [6, 6.07) is 0. The summed E-state index contributed by atoms with van der Waals surface area (Å²) in [5, 5.41) is 46.3. The second-order valence-corrected chi connectivity index (χ2v) is 4.07. The highest BCUT2D eigenvalue weighted by molar-refractivity contribution is 5.72. The van der Waals surface area contributed by atoms with E-state index in [1.54, 1.807) is 6.92 Å². The van der Waals surface area contributed by atoms with E-state index in [0.717, 1.165) is 0 Å². The fourth-order valence-corrected chi connectivity index (χ4v) is 1.67. The molecule has 0 bridgehead atoms. The summed E-state index contributed by atoms with van der Waals surface area (Å²) >= 11 is 0.